The monoisotopic (exact) mass is 434 g/mol. The van der Waals surface area contributed by atoms with E-state index < -0.39 is 0 Å². The van der Waals surface area contributed by atoms with Gasteiger partial charge in [0, 0.05) is 17.1 Å². The average molecular weight is 434 g/mol. The molecule has 124 valence electrons. The normalized spacial score (nSPS) is 12.5. The van der Waals surface area contributed by atoms with Gasteiger partial charge in [-0.05, 0) is 65.3 Å². The van der Waals surface area contributed by atoms with E-state index in [1.807, 2.05) is 30.3 Å². The van der Waals surface area contributed by atoms with Crippen LogP contribution in [-0.4, -0.2) is 21.1 Å². The molecule has 0 aliphatic heterocycles. The first-order valence-corrected chi connectivity index (χ1v) is 8.98. The number of pyridine rings is 1. The standard InChI is InChI=1S/C18H19IN4O/c1-11(2)9-16(15-5-3-4-8-20-15)21-18(24)12-6-7-14-13(10-12)17(19)23-22-14/h3-8,10-11,16H,9H2,1-2H3,(H,21,24)(H,22,23)/t16-/m1/s1. The van der Waals surface area contributed by atoms with E-state index in [9.17, 15) is 4.79 Å². The zero-order valence-corrected chi connectivity index (χ0v) is 15.7. The van der Waals surface area contributed by atoms with Gasteiger partial charge in [0.2, 0.25) is 0 Å². The molecule has 2 heterocycles. The molecule has 0 radical (unpaired) electrons. The number of rotatable bonds is 5. The molecule has 24 heavy (non-hydrogen) atoms. The lowest BCUT2D eigenvalue weighted by Gasteiger charge is -2.20. The van der Waals surface area contributed by atoms with Crippen molar-refractivity contribution in [1.82, 2.24) is 20.5 Å². The molecule has 6 heteroatoms. The second-order valence-corrected chi connectivity index (χ2v) is 7.26. The Morgan fingerprint density at radius 2 is 2.12 bits per heavy atom. The fourth-order valence-corrected chi connectivity index (χ4v) is 3.22. The van der Waals surface area contributed by atoms with Crippen molar-refractivity contribution in [3.63, 3.8) is 0 Å². The van der Waals surface area contributed by atoms with Gasteiger partial charge >= 0.3 is 0 Å². The predicted molar refractivity (Wildman–Crippen MR) is 103 cm³/mol. The molecular formula is C18H19IN4O. The summed E-state index contributed by atoms with van der Waals surface area (Å²) in [4.78, 5) is 17.1. The molecule has 0 aliphatic carbocycles. The molecule has 2 aromatic heterocycles. The summed E-state index contributed by atoms with van der Waals surface area (Å²) in [6.07, 6.45) is 2.60. The number of carbonyl (C=O) groups excluding carboxylic acids is 1. The lowest BCUT2D eigenvalue weighted by molar-refractivity contribution is 0.0931. The van der Waals surface area contributed by atoms with E-state index in [0.29, 0.717) is 11.5 Å². The van der Waals surface area contributed by atoms with Crippen molar-refractivity contribution in [2.45, 2.75) is 26.3 Å². The number of hydrogen-bond donors (Lipinski definition) is 2. The quantitative estimate of drug-likeness (QED) is 0.595. The summed E-state index contributed by atoms with van der Waals surface area (Å²) in [6, 6.07) is 11.2. The highest BCUT2D eigenvalue weighted by molar-refractivity contribution is 14.1. The molecule has 0 fully saturated rings. The van der Waals surface area contributed by atoms with E-state index in [0.717, 1.165) is 26.7 Å². The van der Waals surface area contributed by atoms with Gasteiger partial charge in [0.1, 0.15) is 3.70 Å². The van der Waals surface area contributed by atoms with Crippen LogP contribution in [0.1, 0.15) is 42.4 Å². The Morgan fingerprint density at radius 1 is 1.29 bits per heavy atom. The summed E-state index contributed by atoms with van der Waals surface area (Å²) >= 11 is 2.18. The van der Waals surface area contributed by atoms with E-state index >= 15 is 0 Å². The van der Waals surface area contributed by atoms with Crippen molar-refractivity contribution in [2.24, 2.45) is 5.92 Å². The average Bonchev–Trinajstić information content (AvgIpc) is 2.95. The van der Waals surface area contributed by atoms with Crippen LogP contribution >= 0.6 is 22.6 Å². The predicted octanol–water partition coefficient (Wildman–Crippen LogP) is 4.08. The van der Waals surface area contributed by atoms with Crippen LogP contribution in [0, 0.1) is 9.62 Å². The Bertz CT molecular complexity index is 845. The third-order valence-corrected chi connectivity index (χ3v) is 4.65. The molecule has 0 unspecified atom stereocenters. The first-order valence-electron chi connectivity index (χ1n) is 7.90. The number of fused-ring (bicyclic) bond motifs is 1. The summed E-state index contributed by atoms with van der Waals surface area (Å²) < 4.78 is 0.931. The molecule has 1 atom stereocenters. The molecule has 0 bridgehead atoms. The number of hydrogen-bond acceptors (Lipinski definition) is 3. The summed E-state index contributed by atoms with van der Waals surface area (Å²) in [7, 11) is 0. The Hall–Kier alpha value is -1.96. The number of H-pyrrole nitrogens is 1. The van der Waals surface area contributed by atoms with Crippen LogP contribution in [0.25, 0.3) is 10.9 Å². The topological polar surface area (TPSA) is 70.7 Å². The maximum Gasteiger partial charge on any atom is 0.251 e. The Kier molecular flexibility index (Phi) is 5.13. The minimum Gasteiger partial charge on any atom is -0.344 e. The van der Waals surface area contributed by atoms with Crippen molar-refractivity contribution in [3.05, 3.63) is 57.6 Å². The number of benzene rings is 1. The van der Waals surface area contributed by atoms with Crippen molar-refractivity contribution < 1.29 is 4.79 Å². The van der Waals surface area contributed by atoms with E-state index in [2.05, 4.69) is 56.9 Å². The number of amides is 1. The molecule has 5 nitrogen and oxygen atoms in total. The van der Waals surface area contributed by atoms with E-state index in [4.69, 9.17) is 0 Å². The third-order valence-electron chi connectivity index (χ3n) is 3.83. The first kappa shape index (κ1) is 16.9. The molecular weight excluding hydrogens is 415 g/mol. The highest BCUT2D eigenvalue weighted by Gasteiger charge is 2.18. The SMILES string of the molecule is CC(C)C[C@@H](NC(=O)c1ccc2n[nH]c(I)c2c1)c1ccccn1. The van der Waals surface area contributed by atoms with Crippen LogP contribution in [-0.2, 0) is 0 Å². The first-order chi connectivity index (χ1) is 11.5. The number of nitrogens with zero attached hydrogens (tertiary/aromatic N) is 2. The maximum atomic E-state index is 12.7. The van der Waals surface area contributed by atoms with Gasteiger partial charge < -0.3 is 5.32 Å². The second kappa shape index (κ2) is 7.29. The van der Waals surface area contributed by atoms with Gasteiger partial charge in [-0.2, -0.15) is 5.10 Å². The van der Waals surface area contributed by atoms with Crippen molar-refractivity contribution in [2.75, 3.05) is 0 Å². The van der Waals surface area contributed by atoms with Crippen molar-refractivity contribution in [1.29, 1.82) is 0 Å². The van der Waals surface area contributed by atoms with Gasteiger partial charge in [-0.15, -0.1) is 0 Å². The van der Waals surface area contributed by atoms with Crippen LogP contribution < -0.4 is 5.32 Å². The van der Waals surface area contributed by atoms with Crippen LogP contribution in [0.4, 0.5) is 0 Å². The highest BCUT2D eigenvalue weighted by Crippen LogP contribution is 2.22. The summed E-state index contributed by atoms with van der Waals surface area (Å²) in [5, 5.41) is 11.2. The minimum absolute atomic E-state index is 0.0924. The summed E-state index contributed by atoms with van der Waals surface area (Å²) in [6.45, 7) is 4.28. The Balaban J connectivity index is 1.85. The van der Waals surface area contributed by atoms with E-state index in [-0.39, 0.29) is 11.9 Å². The Labute approximate surface area is 154 Å². The van der Waals surface area contributed by atoms with E-state index in [1.165, 1.54) is 0 Å². The third kappa shape index (κ3) is 3.75. The molecule has 3 aromatic rings. The summed E-state index contributed by atoms with van der Waals surface area (Å²) in [5.74, 6) is 0.361. The minimum atomic E-state index is -0.0992. The number of nitrogens with one attached hydrogen (secondary N) is 2. The van der Waals surface area contributed by atoms with Gasteiger partial charge in [-0.3, -0.25) is 14.9 Å². The van der Waals surface area contributed by atoms with Gasteiger partial charge in [0.05, 0.1) is 17.3 Å². The molecule has 2 N–H and O–H groups in total. The van der Waals surface area contributed by atoms with Crippen LogP contribution in [0.2, 0.25) is 0 Å². The van der Waals surface area contributed by atoms with Crippen LogP contribution in [0.5, 0.6) is 0 Å². The molecule has 0 saturated carbocycles. The lowest BCUT2D eigenvalue weighted by Crippen LogP contribution is -2.30. The fourth-order valence-electron chi connectivity index (χ4n) is 2.67. The zero-order valence-electron chi connectivity index (χ0n) is 13.6. The molecule has 1 aromatic carbocycles. The number of carbonyl (C=O) groups is 1. The number of aromatic nitrogens is 3. The Morgan fingerprint density at radius 3 is 2.83 bits per heavy atom. The largest absolute Gasteiger partial charge is 0.344 e. The van der Waals surface area contributed by atoms with E-state index in [1.54, 1.807) is 12.3 Å². The van der Waals surface area contributed by atoms with Crippen molar-refractivity contribution >= 4 is 39.4 Å². The van der Waals surface area contributed by atoms with Crippen LogP contribution in [0.3, 0.4) is 0 Å². The lowest BCUT2D eigenvalue weighted by atomic mass is 10.00. The molecule has 0 aliphatic rings. The van der Waals surface area contributed by atoms with Crippen LogP contribution in [0.15, 0.2) is 42.6 Å². The fraction of sp³-hybridized carbons (Fsp3) is 0.278. The zero-order chi connectivity index (χ0) is 17.1. The van der Waals surface area contributed by atoms with Gasteiger partial charge in [0.15, 0.2) is 0 Å². The smallest absolute Gasteiger partial charge is 0.251 e. The summed E-state index contributed by atoms with van der Waals surface area (Å²) in [5.41, 5.74) is 2.38. The second-order valence-electron chi connectivity index (χ2n) is 6.18. The van der Waals surface area contributed by atoms with Crippen molar-refractivity contribution in [3.8, 4) is 0 Å². The maximum absolute atomic E-state index is 12.7. The molecule has 0 saturated heterocycles. The van der Waals surface area contributed by atoms with Gasteiger partial charge in [-0.25, -0.2) is 0 Å². The highest BCUT2D eigenvalue weighted by atomic mass is 127. The molecule has 0 spiro atoms. The van der Waals surface area contributed by atoms with Gasteiger partial charge in [-0.1, -0.05) is 19.9 Å². The molecule has 3 rings (SSSR count). The number of halogens is 1. The molecule has 1 amide bonds. The number of aromatic amines is 1. The van der Waals surface area contributed by atoms with Gasteiger partial charge in [0.25, 0.3) is 5.91 Å².